The number of halogens is 1. The number of nitrogens with zero attached hydrogens (tertiary/aromatic N) is 2. The van der Waals surface area contributed by atoms with Crippen LogP contribution in [0.5, 0.6) is 0 Å². The molecule has 8 heteroatoms. The van der Waals surface area contributed by atoms with Gasteiger partial charge in [-0.25, -0.2) is 4.98 Å². The highest BCUT2D eigenvalue weighted by Gasteiger charge is 2.19. The van der Waals surface area contributed by atoms with Crippen LogP contribution in [0.3, 0.4) is 0 Å². The molecule has 0 saturated carbocycles. The number of carboxylic acids is 1. The maximum atomic E-state index is 10.8. The van der Waals surface area contributed by atoms with Crippen LogP contribution < -0.4 is 5.32 Å². The van der Waals surface area contributed by atoms with Crippen LogP contribution in [0.1, 0.15) is 19.8 Å². The Kier molecular flexibility index (Phi) is 4.85. The molecule has 0 aromatic carbocycles. The number of carbonyl (C=O) groups is 1. The van der Waals surface area contributed by atoms with Crippen molar-refractivity contribution in [1.82, 2.24) is 4.98 Å². The molecular formula is C10H12ClN3O4. The van der Waals surface area contributed by atoms with Gasteiger partial charge in [-0.05, 0) is 6.42 Å². The van der Waals surface area contributed by atoms with E-state index in [0.717, 1.165) is 0 Å². The number of hydrogen-bond acceptors (Lipinski definition) is 5. The van der Waals surface area contributed by atoms with Gasteiger partial charge in [-0.3, -0.25) is 14.9 Å². The van der Waals surface area contributed by atoms with Gasteiger partial charge in [-0.15, -0.1) is 0 Å². The third-order valence-corrected chi connectivity index (χ3v) is 2.49. The molecule has 0 aliphatic carbocycles. The molecule has 1 unspecified atom stereocenters. The molecule has 0 spiro atoms. The van der Waals surface area contributed by atoms with Crippen molar-refractivity contribution in [3.05, 3.63) is 27.4 Å². The summed E-state index contributed by atoms with van der Waals surface area (Å²) >= 11 is 5.63. The Morgan fingerprint density at radius 3 is 2.89 bits per heavy atom. The molecule has 7 nitrogen and oxygen atoms in total. The number of carboxylic acid groups (broad SMARTS) is 1. The van der Waals surface area contributed by atoms with Gasteiger partial charge < -0.3 is 10.4 Å². The van der Waals surface area contributed by atoms with Crippen LogP contribution in [0, 0.1) is 10.1 Å². The van der Waals surface area contributed by atoms with Gasteiger partial charge in [-0.1, -0.05) is 18.5 Å². The molecule has 0 aliphatic heterocycles. The van der Waals surface area contributed by atoms with Crippen LogP contribution in [0.2, 0.25) is 5.02 Å². The van der Waals surface area contributed by atoms with E-state index in [1.165, 1.54) is 12.3 Å². The van der Waals surface area contributed by atoms with Gasteiger partial charge in [0.15, 0.2) is 0 Å². The Hall–Kier alpha value is -1.89. The highest BCUT2D eigenvalue weighted by atomic mass is 35.5. The minimum atomic E-state index is -0.981. The third-order valence-electron chi connectivity index (χ3n) is 2.29. The quantitative estimate of drug-likeness (QED) is 0.608. The van der Waals surface area contributed by atoms with E-state index in [1.54, 1.807) is 6.92 Å². The molecule has 0 radical (unpaired) electrons. The zero-order valence-corrected chi connectivity index (χ0v) is 10.3. The Balaban J connectivity index is 2.95. The van der Waals surface area contributed by atoms with Crippen molar-refractivity contribution in [2.24, 2.45) is 0 Å². The lowest BCUT2D eigenvalue weighted by atomic mass is 10.1. The van der Waals surface area contributed by atoms with Gasteiger partial charge >= 0.3 is 11.7 Å². The van der Waals surface area contributed by atoms with E-state index in [4.69, 9.17) is 16.7 Å². The molecule has 1 rings (SSSR count). The van der Waals surface area contributed by atoms with E-state index < -0.39 is 16.9 Å². The maximum Gasteiger partial charge on any atom is 0.312 e. The second kappa shape index (κ2) is 6.15. The molecule has 1 atom stereocenters. The fourth-order valence-corrected chi connectivity index (χ4v) is 1.53. The summed E-state index contributed by atoms with van der Waals surface area (Å²) < 4.78 is 0. The lowest BCUT2D eigenvalue weighted by Crippen LogP contribution is -2.23. The van der Waals surface area contributed by atoms with Crippen molar-refractivity contribution >= 4 is 29.1 Å². The van der Waals surface area contributed by atoms with E-state index in [0.29, 0.717) is 6.42 Å². The van der Waals surface area contributed by atoms with Gasteiger partial charge in [0.05, 0.1) is 16.4 Å². The highest BCUT2D eigenvalue weighted by Crippen LogP contribution is 2.26. The SMILES string of the molecule is CCC(CC(=O)O)Nc1ncc(Cl)cc1[N+](=O)[O-]. The summed E-state index contributed by atoms with van der Waals surface area (Å²) in [5.74, 6) is -0.955. The summed E-state index contributed by atoms with van der Waals surface area (Å²) in [5.41, 5.74) is -0.272. The van der Waals surface area contributed by atoms with Gasteiger partial charge in [0, 0.05) is 18.3 Å². The smallest absolute Gasteiger partial charge is 0.312 e. The first-order valence-corrected chi connectivity index (χ1v) is 5.60. The van der Waals surface area contributed by atoms with Crippen molar-refractivity contribution in [2.75, 3.05) is 5.32 Å². The van der Waals surface area contributed by atoms with Gasteiger partial charge in [0.1, 0.15) is 0 Å². The first-order chi connectivity index (χ1) is 8.43. The van der Waals surface area contributed by atoms with Crippen LogP contribution in [-0.2, 0) is 4.79 Å². The Morgan fingerprint density at radius 2 is 2.39 bits per heavy atom. The average molecular weight is 274 g/mol. The molecule has 0 aliphatic rings. The van der Waals surface area contributed by atoms with Crippen LogP contribution in [-0.4, -0.2) is 27.0 Å². The summed E-state index contributed by atoms with van der Waals surface area (Å²) in [7, 11) is 0. The molecule has 1 aromatic heterocycles. The normalized spacial score (nSPS) is 11.9. The number of hydrogen-bond donors (Lipinski definition) is 2. The van der Waals surface area contributed by atoms with Gasteiger partial charge in [0.25, 0.3) is 0 Å². The first kappa shape index (κ1) is 14.2. The summed E-state index contributed by atoms with van der Waals surface area (Å²) in [5, 5.41) is 22.4. The average Bonchev–Trinajstić information content (AvgIpc) is 2.29. The van der Waals surface area contributed by atoms with Crippen molar-refractivity contribution < 1.29 is 14.8 Å². The minimum absolute atomic E-state index is 0.0255. The standard InChI is InChI=1S/C10H12ClN3O4/c1-2-7(4-9(15)16)13-10-8(14(17)18)3-6(11)5-12-10/h3,5,7H,2,4H2,1H3,(H,12,13)(H,15,16). The summed E-state index contributed by atoms with van der Waals surface area (Å²) in [6.07, 6.45) is 1.64. The molecule has 2 N–H and O–H groups in total. The predicted molar refractivity (Wildman–Crippen MR) is 65.9 cm³/mol. The number of rotatable bonds is 6. The van der Waals surface area contributed by atoms with Crippen LogP contribution >= 0.6 is 11.6 Å². The van der Waals surface area contributed by atoms with Crippen molar-refractivity contribution in [2.45, 2.75) is 25.8 Å². The number of aliphatic carboxylic acids is 1. The van der Waals surface area contributed by atoms with E-state index in [9.17, 15) is 14.9 Å². The summed E-state index contributed by atoms with van der Waals surface area (Å²) in [6.45, 7) is 1.78. The van der Waals surface area contributed by atoms with E-state index in [1.807, 2.05) is 0 Å². The Morgan fingerprint density at radius 1 is 1.72 bits per heavy atom. The minimum Gasteiger partial charge on any atom is -0.481 e. The lowest BCUT2D eigenvalue weighted by molar-refractivity contribution is -0.384. The number of pyridine rings is 1. The van der Waals surface area contributed by atoms with Gasteiger partial charge in [-0.2, -0.15) is 0 Å². The maximum absolute atomic E-state index is 10.8. The van der Waals surface area contributed by atoms with Crippen molar-refractivity contribution in [3.8, 4) is 0 Å². The fraction of sp³-hybridized carbons (Fsp3) is 0.400. The van der Waals surface area contributed by atoms with E-state index >= 15 is 0 Å². The number of anilines is 1. The summed E-state index contributed by atoms with van der Waals surface area (Å²) in [4.78, 5) is 24.6. The molecule has 1 aromatic rings. The van der Waals surface area contributed by atoms with Crippen LogP contribution in [0.25, 0.3) is 0 Å². The monoisotopic (exact) mass is 273 g/mol. The largest absolute Gasteiger partial charge is 0.481 e. The lowest BCUT2D eigenvalue weighted by Gasteiger charge is -2.15. The number of nitro groups is 1. The molecule has 0 saturated heterocycles. The molecule has 98 valence electrons. The summed E-state index contributed by atoms with van der Waals surface area (Å²) in [6, 6.07) is 0.750. The van der Waals surface area contributed by atoms with Gasteiger partial charge in [0.2, 0.25) is 5.82 Å². The van der Waals surface area contributed by atoms with Crippen LogP contribution in [0.4, 0.5) is 11.5 Å². The topological polar surface area (TPSA) is 105 Å². The molecule has 0 bridgehead atoms. The molecule has 1 heterocycles. The Labute approximate surface area is 108 Å². The fourth-order valence-electron chi connectivity index (χ4n) is 1.38. The van der Waals surface area contributed by atoms with E-state index in [-0.39, 0.29) is 22.9 Å². The second-order valence-electron chi connectivity index (χ2n) is 3.63. The highest BCUT2D eigenvalue weighted by molar-refractivity contribution is 6.30. The van der Waals surface area contributed by atoms with Crippen molar-refractivity contribution in [3.63, 3.8) is 0 Å². The second-order valence-corrected chi connectivity index (χ2v) is 4.06. The Bertz CT molecular complexity index is 466. The molecule has 0 fully saturated rings. The molecule has 18 heavy (non-hydrogen) atoms. The zero-order valence-electron chi connectivity index (χ0n) is 9.59. The molecule has 0 amide bonds. The number of nitrogens with one attached hydrogen (secondary N) is 1. The third kappa shape index (κ3) is 3.85. The zero-order chi connectivity index (χ0) is 13.7. The van der Waals surface area contributed by atoms with E-state index in [2.05, 4.69) is 10.3 Å². The predicted octanol–water partition coefficient (Wildman–Crippen LogP) is 2.31. The number of aromatic nitrogens is 1. The first-order valence-electron chi connectivity index (χ1n) is 5.22. The molecular weight excluding hydrogens is 262 g/mol. The van der Waals surface area contributed by atoms with Crippen LogP contribution in [0.15, 0.2) is 12.3 Å². The van der Waals surface area contributed by atoms with Crippen molar-refractivity contribution in [1.29, 1.82) is 0 Å².